The van der Waals surface area contributed by atoms with Crippen molar-refractivity contribution < 1.29 is 12.8 Å². The van der Waals surface area contributed by atoms with E-state index in [4.69, 9.17) is 10.9 Å². The van der Waals surface area contributed by atoms with Gasteiger partial charge in [0, 0.05) is 12.6 Å². The standard InChI is InChI=1S/C11H18FN3O2S/c1-8(13)3-2-6-15-11-5-4-9(7-10(11)12)18(14,16)17/h4-5,7-8,15H,2-3,6,13H2,1H3,(H2,14,16,17). The molecule has 0 aliphatic heterocycles. The lowest BCUT2D eigenvalue weighted by atomic mass is 10.2. The Labute approximate surface area is 106 Å². The highest BCUT2D eigenvalue weighted by molar-refractivity contribution is 7.89. The molecule has 0 heterocycles. The number of sulfonamides is 1. The molecule has 0 aliphatic carbocycles. The third-order valence-electron chi connectivity index (χ3n) is 2.42. The molecule has 1 aromatic carbocycles. The van der Waals surface area contributed by atoms with Crippen molar-refractivity contribution in [3.8, 4) is 0 Å². The molecule has 18 heavy (non-hydrogen) atoms. The Kier molecular flexibility index (Phi) is 5.06. The Morgan fingerprint density at radius 1 is 1.44 bits per heavy atom. The average molecular weight is 275 g/mol. The molecule has 0 spiro atoms. The van der Waals surface area contributed by atoms with Gasteiger partial charge in [0.15, 0.2) is 0 Å². The van der Waals surface area contributed by atoms with Crippen LogP contribution in [0.5, 0.6) is 0 Å². The summed E-state index contributed by atoms with van der Waals surface area (Å²) in [5.74, 6) is -0.637. The third-order valence-corrected chi connectivity index (χ3v) is 3.33. The number of halogens is 1. The van der Waals surface area contributed by atoms with Gasteiger partial charge in [-0.05, 0) is 38.0 Å². The van der Waals surface area contributed by atoms with Gasteiger partial charge in [-0.3, -0.25) is 0 Å². The van der Waals surface area contributed by atoms with Crippen LogP contribution in [0.25, 0.3) is 0 Å². The van der Waals surface area contributed by atoms with Crippen molar-refractivity contribution in [1.29, 1.82) is 0 Å². The van der Waals surface area contributed by atoms with Crippen LogP contribution in [0.15, 0.2) is 23.1 Å². The Morgan fingerprint density at radius 3 is 2.61 bits per heavy atom. The zero-order chi connectivity index (χ0) is 13.8. The van der Waals surface area contributed by atoms with E-state index in [9.17, 15) is 12.8 Å². The van der Waals surface area contributed by atoms with Gasteiger partial charge in [-0.25, -0.2) is 17.9 Å². The second kappa shape index (κ2) is 6.12. The molecule has 1 unspecified atom stereocenters. The van der Waals surface area contributed by atoms with Crippen LogP contribution < -0.4 is 16.2 Å². The number of nitrogens with one attached hydrogen (secondary N) is 1. The van der Waals surface area contributed by atoms with Crippen molar-refractivity contribution in [3.63, 3.8) is 0 Å². The molecular formula is C11H18FN3O2S. The number of hydrogen-bond donors (Lipinski definition) is 3. The summed E-state index contributed by atoms with van der Waals surface area (Å²) in [5.41, 5.74) is 5.84. The summed E-state index contributed by atoms with van der Waals surface area (Å²) in [6.07, 6.45) is 1.65. The fraction of sp³-hybridized carbons (Fsp3) is 0.455. The minimum absolute atomic E-state index is 0.112. The number of primary sulfonamides is 1. The Hall–Kier alpha value is -1.18. The van der Waals surface area contributed by atoms with Crippen LogP contribution in [0.4, 0.5) is 10.1 Å². The summed E-state index contributed by atoms with van der Waals surface area (Å²) < 4.78 is 35.6. The van der Waals surface area contributed by atoms with Crippen molar-refractivity contribution in [2.45, 2.75) is 30.7 Å². The highest BCUT2D eigenvalue weighted by Gasteiger charge is 2.11. The predicted octanol–water partition coefficient (Wildman–Crippen LogP) is 1.01. The molecule has 0 saturated heterocycles. The molecule has 0 aliphatic rings. The molecule has 5 N–H and O–H groups in total. The molecule has 0 radical (unpaired) electrons. The molecule has 0 saturated carbocycles. The molecule has 1 aromatic rings. The second-order valence-electron chi connectivity index (χ2n) is 4.23. The summed E-state index contributed by atoms with van der Waals surface area (Å²) in [7, 11) is -3.86. The van der Waals surface area contributed by atoms with Gasteiger partial charge in [-0.2, -0.15) is 0 Å². The van der Waals surface area contributed by atoms with E-state index in [0.717, 1.165) is 18.9 Å². The lowest BCUT2D eigenvalue weighted by Crippen LogP contribution is -2.16. The van der Waals surface area contributed by atoms with Crippen molar-refractivity contribution in [1.82, 2.24) is 0 Å². The minimum Gasteiger partial charge on any atom is -0.383 e. The average Bonchev–Trinajstić information content (AvgIpc) is 2.24. The predicted molar refractivity (Wildman–Crippen MR) is 69.1 cm³/mol. The first-order valence-corrected chi connectivity index (χ1v) is 7.17. The molecule has 0 bridgehead atoms. The van der Waals surface area contributed by atoms with Crippen molar-refractivity contribution >= 4 is 15.7 Å². The van der Waals surface area contributed by atoms with E-state index < -0.39 is 15.8 Å². The van der Waals surface area contributed by atoms with Crippen LogP contribution in [-0.4, -0.2) is 21.0 Å². The fourth-order valence-electron chi connectivity index (χ4n) is 1.46. The molecule has 7 heteroatoms. The second-order valence-corrected chi connectivity index (χ2v) is 5.79. The Balaban J connectivity index is 2.64. The summed E-state index contributed by atoms with van der Waals surface area (Å²) in [6, 6.07) is 3.65. The van der Waals surface area contributed by atoms with E-state index >= 15 is 0 Å². The van der Waals surface area contributed by atoms with Crippen molar-refractivity contribution in [2.24, 2.45) is 10.9 Å². The largest absolute Gasteiger partial charge is 0.383 e. The maximum Gasteiger partial charge on any atom is 0.238 e. The lowest BCUT2D eigenvalue weighted by Gasteiger charge is -2.09. The monoisotopic (exact) mass is 275 g/mol. The highest BCUT2D eigenvalue weighted by atomic mass is 32.2. The van der Waals surface area contributed by atoms with Crippen LogP contribution >= 0.6 is 0 Å². The normalized spacial score (nSPS) is 13.3. The number of nitrogens with two attached hydrogens (primary N) is 2. The molecule has 102 valence electrons. The minimum atomic E-state index is -3.86. The number of hydrogen-bond acceptors (Lipinski definition) is 4. The summed E-state index contributed by atoms with van der Waals surface area (Å²) in [6.45, 7) is 2.48. The first kappa shape index (κ1) is 14.9. The van der Waals surface area contributed by atoms with E-state index in [1.165, 1.54) is 12.1 Å². The van der Waals surface area contributed by atoms with E-state index in [1.807, 2.05) is 6.92 Å². The van der Waals surface area contributed by atoms with E-state index in [1.54, 1.807) is 0 Å². The zero-order valence-electron chi connectivity index (χ0n) is 10.2. The smallest absolute Gasteiger partial charge is 0.238 e. The number of benzene rings is 1. The van der Waals surface area contributed by atoms with Gasteiger partial charge >= 0.3 is 0 Å². The van der Waals surface area contributed by atoms with E-state index in [0.29, 0.717) is 6.54 Å². The third kappa shape index (κ3) is 4.59. The summed E-state index contributed by atoms with van der Waals surface area (Å²) in [4.78, 5) is -0.235. The van der Waals surface area contributed by atoms with Crippen LogP contribution in [0, 0.1) is 5.82 Å². The first-order chi connectivity index (χ1) is 8.30. The maximum atomic E-state index is 13.6. The van der Waals surface area contributed by atoms with Crippen molar-refractivity contribution in [2.75, 3.05) is 11.9 Å². The maximum absolute atomic E-state index is 13.6. The van der Waals surface area contributed by atoms with Crippen LogP contribution in [0.3, 0.4) is 0 Å². The number of anilines is 1. The van der Waals surface area contributed by atoms with Crippen LogP contribution in [0.2, 0.25) is 0 Å². The Morgan fingerprint density at radius 2 is 2.11 bits per heavy atom. The molecular weight excluding hydrogens is 257 g/mol. The fourth-order valence-corrected chi connectivity index (χ4v) is 1.99. The molecule has 1 atom stereocenters. The summed E-state index contributed by atoms with van der Waals surface area (Å²) in [5, 5.41) is 7.78. The van der Waals surface area contributed by atoms with Gasteiger partial charge < -0.3 is 11.1 Å². The van der Waals surface area contributed by atoms with Gasteiger partial charge in [0.25, 0.3) is 0 Å². The molecule has 0 amide bonds. The lowest BCUT2D eigenvalue weighted by molar-refractivity contribution is 0.592. The SMILES string of the molecule is CC(N)CCCNc1ccc(S(N)(=O)=O)cc1F. The first-order valence-electron chi connectivity index (χ1n) is 5.62. The van der Waals surface area contributed by atoms with Crippen LogP contribution in [0.1, 0.15) is 19.8 Å². The number of rotatable bonds is 6. The highest BCUT2D eigenvalue weighted by Crippen LogP contribution is 2.18. The Bertz CT molecular complexity index is 503. The van der Waals surface area contributed by atoms with Gasteiger partial charge in [0.2, 0.25) is 10.0 Å². The topological polar surface area (TPSA) is 98.2 Å². The van der Waals surface area contributed by atoms with Gasteiger partial charge in [-0.1, -0.05) is 0 Å². The zero-order valence-corrected chi connectivity index (χ0v) is 11.0. The molecule has 5 nitrogen and oxygen atoms in total. The van der Waals surface area contributed by atoms with Gasteiger partial charge in [-0.15, -0.1) is 0 Å². The van der Waals surface area contributed by atoms with E-state index in [2.05, 4.69) is 5.32 Å². The quantitative estimate of drug-likeness (QED) is 0.675. The van der Waals surface area contributed by atoms with Gasteiger partial charge in [0.1, 0.15) is 5.82 Å². The summed E-state index contributed by atoms with van der Waals surface area (Å²) >= 11 is 0. The molecule has 1 rings (SSSR count). The van der Waals surface area contributed by atoms with Crippen molar-refractivity contribution in [3.05, 3.63) is 24.0 Å². The molecule has 0 fully saturated rings. The molecule has 0 aromatic heterocycles. The van der Waals surface area contributed by atoms with Gasteiger partial charge in [0.05, 0.1) is 10.6 Å². The van der Waals surface area contributed by atoms with E-state index in [-0.39, 0.29) is 16.6 Å². The van der Waals surface area contributed by atoms with Crippen LogP contribution in [-0.2, 0) is 10.0 Å².